The molecule has 0 amide bonds. The summed E-state index contributed by atoms with van der Waals surface area (Å²) in [5.41, 5.74) is 1.81. The van der Waals surface area contributed by atoms with Crippen LogP contribution in [-0.4, -0.2) is 34.2 Å². The van der Waals surface area contributed by atoms with Gasteiger partial charge in [-0.1, -0.05) is 0 Å². The number of hydrogen-bond donors (Lipinski definition) is 1. The molecule has 2 aromatic rings. The lowest BCUT2D eigenvalue weighted by Gasteiger charge is -2.15. The first-order valence-corrected chi connectivity index (χ1v) is 5.50. The molecule has 0 aliphatic heterocycles. The van der Waals surface area contributed by atoms with Gasteiger partial charge in [0.15, 0.2) is 5.78 Å². The average molecular weight is 229 g/mol. The molecule has 2 aromatic heterocycles. The lowest BCUT2D eigenvalue weighted by molar-refractivity contribution is 0.0938. The van der Waals surface area contributed by atoms with Crippen molar-refractivity contribution in [2.75, 3.05) is 13.6 Å². The van der Waals surface area contributed by atoms with E-state index < -0.39 is 0 Å². The van der Waals surface area contributed by atoms with E-state index >= 15 is 0 Å². The van der Waals surface area contributed by atoms with Crippen molar-refractivity contribution in [2.24, 2.45) is 0 Å². The second-order valence-corrected chi connectivity index (χ2v) is 4.03. The number of nitrogens with zero attached hydrogens (tertiary/aromatic N) is 2. The Morgan fingerprint density at radius 3 is 2.76 bits per heavy atom. The van der Waals surface area contributed by atoms with Gasteiger partial charge in [0, 0.05) is 25.1 Å². The minimum atomic E-state index is 0.103. The van der Waals surface area contributed by atoms with E-state index in [1.165, 1.54) is 0 Å². The number of rotatable bonds is 5. The van der Waals surface area contributed by atoms with Crippen molar-refractivity contribution >= 4 is 5.78 Å². The highest BCUT2D eigenvalue weighted by Gasteiger charge is 2.09. The van der Waals surface area contributed by atoms with Gasteiger partial charge in [0.05, 0.1) is 12.2 Å². The summed E-state index contributed by atoms with van der Waals surface area (Å²) in [7, 11) is 1.93. The molecule has 0 spiro atoms. The van der Waals surface area contributed by atoms with Crippen LogP contribution in [0.25, 0.3) is 0 Å². The summed E-state index contributed by atoms with van der Waals surface area (Å²) in [6, 6.07) is 7.53. The highest BCUT2D eigenvalue weighted by atomic mass is 16.1. The lowest BCUT2D eigenvalue weighted by atomic mass is 10.2. The lowest BCUT2D eigenvalue weighted by Crippen LogP contribution is -2.25. The Morgan fingerprint density at radius 1 is 1.35 bits per heavy atom. The van der Waals surface area contributed by atoms with Crippen molar-refractivity contribution in [3.63, 3.8) is 0 Å². The summed E-state index contributed by atoms with van der Waals surface area (Å²) in [5.74, 6) is 0.103. The third-order valence-electron chi connectivity index (χ3n) is 2.51. The smallest absolute Gasteiger partial charge is 0.192 e. The van der Waals surface area contributed by atoms with Gasteiger partial charge in [0.25, 0.3) is 0 Å². The van der Waals surface area contributed by atoms with Crippen molar-refractivity contribution in [2.45, 2.75) is 6.54 Å². The molecule has 88 valence electrons. The zero-order chi connectivity index (χ0) is 12.1. The van der Waals surface area contributed by atoms with Crippen LogP contribution in [-0.2, 0) is 6.54 Å². The Labute approximate surface area is 100 Å². The van der Waals surface area contributed by atoms with Crippen molar-refractivity contribution in [1.29, 1.82) is 0 Å². The molecule has 4 heteroatoms. The third-order valence-corrected chi connectivity index (χ3v) is 2.51. The van der Waals surface area contributed by atoms with E-state index in [9.17, 15) is 4.79 Å². The van der Waals surface area contributed by atoms with Gasteiger partial charge in [0.1, 0.15) is 0 Å². The number of pyridine rings is 1. The fourth-order valence-electron chi connectivity index (χ4n) is 1.69. The van der Waals surface area contributed by atoms with Crippen molar-refractivity contribution < 1.29 is 4.79 Å². The Bertz CT molecular complexity index is 465. The van der Waals surface area contributed by atoms with Crippen molar-refractivity contribution in [3.05, 3.63) is 54.1 Å². The summed E-state index contributed by atoms with van der Waals surface area (Å²) < 4.78 is 0. The number of Topliss-reactive ketones (excluding diaryl/α,β-unsaturated/α-hetero) is 1. The SMILES string of the molecule is CN(CC(=O)c1ccc[nH]1)Cc1ccncc1. The van der Waals surface area contributed by atoms with Gasteiger partial charge in [-0.05, 0) is 36.9 Å². The van der Waals surface area contributed by atoms with Crippen LogP contribution in [0.3, 0.4) is 0 Å². The van der Waals surface area contributed by atoms with Crippen molar-refractivity contribution in [1.82, 2.24) is 14.9 Å². The minimum absolute atomic E-state index is 0.103. The molecule has 2 heterocycles. The summed E-state index contributed by atoms with van der Waals surface area (Å²) in [6.45, 7) is 1.15. The third kappa shape index (κ3) is 3.26. The predicted molar refractivity (Wildman–Crippen MR) is 65.7 cm³/mol. The number of aromatic amines is 1. The van der Waals surface area contributed by atoms with E-state index in [-0.39, 0.29) is 5.78 Å². The van der Waals surface area contributed by atoms with Crippen LogP contribution >= 0.6 is 0 Å². The van der Waals surface area contributed by atoms with Gasteiger partial charge in [0.2, 0.25) is 0 Å². The molecule has 0 radical (unpaired) electrons. The zero-order valence-electron chi connectivity index (χ0n) is 9.76. The largest absolute Gasteiger partial charge is 0.359 e. The fraction of sp³-hybridized carbons (Fsp3) is 0.231. The van der Waals surface area contributed by atoms with Gasteiger partial charge in [-0.15, -0.1) is 0 Å². The maximum absolute atomic E-state index is 11.8. The summed E-state index contributed by atoms with van der Waals surface area (Å²) in [6.07, 6.45) is 5.28. The second kappa shape index (κ2) is 5.41. The molecule has 4 nitrogen and oxygen atoms in total. The van der Waals surface area contributed by atoms with Crippen LogP contribution in [0.4, 0.5) is 0 Å². The van der Waals surface area contributed by atoms with E-state index in [1.54, 1.807) is 24.7 Å². The van der Waals surface area contributed by atoms with E-state index in [0.717, 1.165) is 12.1 Å². The second-order valence-electron chi connectivity index (χ2n) is 4.03. The molecule has 0 saturated carbocycles. The van der Waals surface area contributed by atoms with Crippen LogP contribution in [0, 0.1) is 0 Å². The average Bonchev–Trinajstić information content (AvgIpc) is 2.83. The molecule has 0 saturated heterocycles. The summed E-state index contributed by atoms with van der Waals surface area (Å²) in [5, 5.41) is 0. The highest BCUT2D eigenvalue weighted by molar-refractivity contribution is 5.95. The molecule has 0 aliphatic rings. The normalized spacial score (nSPS) is 10.7. The van der Waals surface area contributed by atoms with E-state index in [0.29, 0.717) is 12.2 Å². The molecule has 17 heavy (non-hydrogen) atoms. The van der Waals surface area contributed by atoms with Crippen LogP contribution in [0.15, 0.2) is 42.9 Å². The highest BCUT2D eigenvalue weighted by Crippen LogP contribution is 2.03. The number of carbonyl (C=O) groups excluding carboxylic acids is 1. The van der Waals surface area contributed by atoms with Gasteiger partial charge in [-0.2, -0.15) is 0 Å². The van der Waals surface area contributed by atoms with Gasteiger partial charge >= 0.3 is 0 Å². The first-order valence-electron chi connectivity index (χ1n) is 5.50. The first kappa shape index (κ1) is 11.5. The molecule has 2 rings (SSSR count). The molecule has 0 fully saturated rings. The number of nitrogens with one attached hydrogen (secondary N) is 1. The quantitative estimate of drug-likeness (QED) is 0.794. The van der Waals surface area contributed by atoms with Crippen LogP contribution in [0.2, 0.25) is 0 Å². The molecule has 0 atom stereocenters. The number of carbonyl (C=O) groups is 1. The number of aromatic nitrogens is 2. The van der Waals surface area contributed by atoms with Crippen LogP contribution in [0.5, 0.6) is 0 Å². The Balaban J connectivity index is 1.90. The molecule has 1 N–H and O–H groups in total. The van der Waals surface area contributed by atoms with Crippen LogP contribution in [0.1, 0.15) is 16.1 Å². The summed E-state index contributed by atoms with van der Waals surface area (Å²) >= 11 is 0. The Kier molecular flexibility index (Phi) is 3.67. The Hall–Kier alpha value is -1.94. The number of ketones is 1. The van der Waals surface area contributed by atoms with Crippen LogP contribution < -0.4 is 0 Å². The molecule has 0 unspecified atom stereocenters. The standard InChI is InChI=1S/C13H15N3O/c1-16(9-11-4-7-14-8-5-11)10-13(17)12-3-2-6-15-12/h2-8,15H,9-10H2,1H3. The number of H-pyrrole nitrogens is 1. The monoisotopic (exact) mass is 229 g/mol. The molecular weight excluding hydrogens is 214 g/mol. The Morgan fingerprint density at radius 2 is 2.12 bits per heavy atom. The number of hydrogen-bond acceptors (Lipinski definition) is 3. The van der Waals surface area contributed by atoms with E-state index in [1.807, 2.05) is 30.1 Å². The van der Waals surface area contributed by atoms with Crippen molar-refractivity contribution in [3.8, 4) is 0 Å². The zero-order valence-corrected chi connectivity index (χ0v) is 9.76. The van der Waals surface area contributed by atoms with Gasteiger partial charge in [-0.25, -0.2) is 0 Å². The van der Waals surface area contributed by atoms with E-state index in [4.69, 9.17) is 0 Å². The summed E-state index contributed by atoms with van der Waals surface area (Å²) in [4.78, 5) is 20.7. The molecule has 0 aliphatic carbocycles. The van der Waals surface area contributed by atoms with E-state index in [2.05, 4.69) is 9.97 Å². The maximum Gasteiger partial charge on any atom is 0.192 e. The minimum Gasteiger partial charge on any atom is -0.359 e. The molecule has 0 bridgehead atoms. The number of likely N-dealkylation sites (N-methyl/N-ethyl adjacent to an activating group) is 1. The first-order chi connectivity index (χ1) is 8.25. The van der Waals surface area contributed by atoms with Gasteiger partial charge < -0.3 is 4.98 Å². The van der Waals surface area contributed by atoms with Gasteiger partial charge in [-0.3, -0.25) is 14.7 Å². The molecular formula is C13H15N3O. The molecule has 0 aromatic carbocycles. The maximum atomic E-state index is 11.8. The topological polar surface area (TPSA) is 49.0 Å². The predicted octanol–water partition coefficient (Wildman–Crippen LogP) is 1.72. The fourth-order valence-corrected chi connectivity index (χ4v) is 1.69.